The number of hydrogen-bond acceptors (Lipinski definition) is 4. The van der Waals surface area contributed by atoms with Crippen molar-refractivity contribution in [2.75, 3.05) is 13.6 Å². The smallest absolute Gasteiger partial charge is 0.191 e. The zero-order valence-corrected chi connectivity index (χ0v) is 15.4. The molecule has 6 heteroatoms. The Balaban J connectivity index is 1.53. The van der Waals surface area contributed by atoms with Crippen molar-refractivity contribution in [3.8, 4) is 0 Å². The lowest BCUT2D eigenvalue weighted by Gasteiger charge is -2.12. The maximum absolute atomic E-state index is 4.45. The zero-order chi connectivity index (χ0) is 17.5. The van der Waals surface area contributed by atoms with Crippen molar-refractivity contribution < 1.29 is 0 Å². The van der Waals surface area contributed by atoms with Gasteiger partial charge in [-0.05, 0) is 24.1 Å². The molecule has 2 heterocycles. The number of para-hydroxylation sites is 1. The first-order chi connectivity index (χ1) is 12.3. The van der Waals surface area contributed by atoms with Crippen molar-refractivity contribution >= 4 is 28.2 Å². The van der Waals surface area contributed by atoms with Crippen LogP contribution < -0.4 is 10.6 Å². The van der Waals surface area contributed by atoms with Gasteiger partial charge >= 0.3 is 0 Å². The molecule has 0 atom stereocenters. The van der Waals surface area contributed by atoms with Crippen LogP contribution in [-0.2, 0) is 19.4 Å². The van der Waals surface area contributed by atoms with Gasteiger partial charge in [-0.25, -0.2) is 4.98 Å². The van der Waals surface area contributed by atoms with E-state index in [2.05, 4.69) is 38.6 Å². The number of pyridine rings is 1. The monoisotopic (exact) mass is 353 g/mol. The number of rotatable bonds is 6. The number of guanidine groups is 1. The molecule has 2 aromatic heterocycles. The maximum Gasteiger partial charge on any atom is 0.191 e. The van der Waals surface area contributed by atoms with Crippen molar-refractivity contribution in [1.29, 1.82) is 0 Å². The van der Waals surface area contributed by atoms with Crippen LogP contribution in [0.5, 0.6) is 0 Å². The van der Waals surface area contributed by atoms with Gasteiger partial charge in [0.2, 0.25) is 0 Å². The number of aryl methyl sites for hydroxylation is 1. The van der Waals surface area contributed by atoms with Gasteiger partial charge in [-0.3, -0.25) is 9.98 Å². The molecular formula is C19H23N5S. The number of aromatic nitrogens is 2. The van der Waals surface area contributed by atoms with Crippen molar-refractivity contribution in [2.24, 2.45) is 4.99 Å². The van der Waals surface area contributed by atoms with E-state index in [1.54, 1.807) is 18.4 Å². The minimum atomic E-state index is 0.708. The number of aliphatic imine (C=N–C) groups is 1. The van der Waals surface area contributed by atoms with Crippen molar-refractivity contribution in [3.05, 3.63) is 58.2 Å². The van der Waals surface area contributed by atoms with Gasteiger partial charge in [-0.1, -0.05) is 25.1 Å². The van der Waals surface area contributed by atoms with E-state index in [1.807, 2.05) is 36.7 Å². The van der Waals surface area contributed by atoms with Crippen molar-refractivity contribution in [3.63, 3.8) is 0 Å². The molecule has 3 rings (SSSR count). The molecule has 0 unspecified atom stereocenters. The molecule has 1 aromatic carbocycles. The summed E-state index contributed by atoms with van der Waals surface area (Å²) in [6.45, 7) is 3.68. The molecule has 0 bridgehead atoms. The van der Waals surface area contributed by atoms with E-state index < -0.39 is 0 Å². The van der Waals surface area contributed by atoms with Gasteiger partial charge in [0.25, 0.3) is 0 Å². The molecule has 0 amide bonds. The third-order valence-corrected chi connectivity index (χ3v) is 5.19. The summed E-state index contributed by atoms with van der Waals surface area (Å²) >= 11 is 1.79. The third-order valence-electron chi connectivity index (χ3n) is 3.99. The minimum Gasteiger partial charge on any atom is -0.356 e. The molecule has 0 radical (unpaired) electrons. The molecule has 130 valence electrons. The lowest BCUT2D eigenvalue weighted by Crippen LogP contribution is -2.37. The van der Waals surface area contributed by atoms with Crippen LogP contribution in [0, 0.1) is 0 Å². The second kappa shape index (κ2) is 8.58. The molecule has 25 heavy (non-hydrogen) atoms. The fourth-order valence-electron chi connectivity index (χ4n) is 2.62. The highest BCUT2D eigenvalue weighted by molar-refractivity contribution is 7.11. The van der Waals surface area contributed by atoms with Crippen LogP contribution in [0.3, 0.4) is 0 Å². The lowest BCUT2D eigenvalue weighted by atomic mass is 10.1. The first-order valence-corrected chi connectivity index (χ1v) is 9.32. The van der Waals surface area contributed by atoms with E-state index in [9.17, 15) is 0 Å². The Hall–Kier alpha value is -2.47. The van der Waals surface area contributed by atoms with Crippen LogP contribution in [0.2, 0.25) is 0 Å². The van der Waals surface area contributed by atoms with Crippen LogP contribution in [-0.4, -0.2) is 29.5 Å². The van der Waals surface area contributed by atoms with Crippen molar-refractivity contribution in [1.82, 2.24) is 20.6 Å². The summed E-state index contributed by atoms with van der Waals surface area (Å²) in [5.74, 6) is 0.799. The van der Waals surface area contributed by atoms with E-state index in [-0.39, 0.29) is 0 Å². The molecule has 2 N–H and O–H groups in total. The summed E-state index contributed by atoms with van der Waals surface area (Å²) in [5.41, 5.74) is 2.22. The van der Waals surface area contributed by atoms with Crippen molar-refractivity contribution in [2.45, 2.75) is 26.3 Å². The quantitative estimate of drug-likeness (QED) is 0.528. The molecule has 0 saturated carbocycles. The van der Waals surface area contributed by atoms with Crippen LogP contribution in [0.1, 0.15) is 22.4 Å². The van der Waals surface area contributed by atoms with Gasteiger partial charge in [0.15, 0.2) is 5.96 Å². The van der Waals surface area contributed by atoms with Crippen LogP contribution in [0.15, 0.2) is 47.7 Å². The van der Waals surface area contributed by atoms with E-state index >= 15 is 0 Å². The van der Waals surface area contributed by atoms with Gasteiger partial charge < -0.3 is 10.6 Å². The number of thiazole rings is 1. The summed E-state index contributed by atoms with van der Waals surface area (Å²) in [7, 11) is 1.79. The highest BCUT2D eigenvalue weighted by Crippen LogP contribution is 2.16. The molecule has 0 spiro atoms. The highest BCUT2D eigenvalue weighted by atomic mass is 32.1. The fraction of sp³-hybridized carbons (Fsp3) is 0.316. The lowest BCUT2D eigenvalue weighted by molar-refractivity contribution is 0.793. The molecule has 0 saturated heterocycles. The van der Waals surface area contributed by atoms with Crippen LogP contribution in [0.25, 0.3) is 10.9 Å². The molecule has 0 fully saturated rings. The predicted molar refractivity (Wildman–Crippen MR) is 105 cm³/mol. The average molecular weight is 353 g/mol. The van der Waals surface area contributed by atoms with E-state index in [0.29, 0.717) is 6.54 Å². The largest absolute Gasteiger partial charge is 0.356 e. The average Bonchev–Trinajstić information content (AvgIpc) is 3.12. The van der Waals surface area contributed by atoms with Gasteiger partial charge in [0.1, 0.15) is 0 Å². The second-order valence-corrected chi connectivity index (χ2v) is 6.86. The van der Waals surface area contributed by atoms with Crippen LogP contribution in [0.4, 0.5) is 0 Å². The summed E-state index contributed by atoms with van der Waals surface area (Å²) < 4.78 is 0. The first kappa shape index (κ1) is 17.4. The minimum absolute atomic E-state index is 0.708. The number of nitrogens with one attached hydrogen (secondary N) is 2. The molecule has 0 aliphatic rings. The van der Waals surface area contributed by atoms with E-state index in [0.717, 1.165) is 30.9 Å². The zero-order valence-electron chi connectivity index (χ0n) is 14.6. The normalized spacial score (nSPS) is 11.7. The summed E-state index contributed by atoms with van der Waals surface area (Å²) in [6, 6.07) is 10.2. The number of benzene rings is 1. The molecule has 0 aliphatic heterocycles. The molecule has 0 aliphatic carbocycles. The summed E-state index contributed by atoms with van der Waals surface area (Å²) in [4.78, 5) is 14.5. The highest BCUT2D eigenvalue weighted by Gasteiger charge is 2.04. The SMILES string of the molecule is CCc1cnc(CCNC(=NC)NCc2ccnc3ccccc23)s1. The first-order valence-electron chi connectivity index (χ1n) is 8.51. The maximum atomic E-state index is 4.45. The second-order valence-electron chi connectivity index (χ2n) is 5.66. The predicted octanol–water partition coefficient (Wildman–Crippen LogP) is 3.16. The number of nitrogens with zero attached hydrogens (tertiary/aromatic N) is 3. The number of fused-ring (bicyclic) bond motifs is 1. The van der Waals surface area contributed by atoms with Crippen LogP contribution >= 0.6 is 11.3 Å². The van der Waals surface area contributed by atoms with E-state index in [1.165, 1.54) is 20.8 Å². The Labute approximate surface area is 152 Å². The Morgan fingerprint density at radius 1 is 1.16 bits per heavy atom. The molecule has 5 nitrogen and oxygen atoms in total. The summed E-state index contributed by atoms with van der Waals surface area (Å²) in [6.07, 6.45) is 5.78. The Morgan fingerprint density at radius 3 is 2.84 bits per heavy atom. The van der Waals surface area contributed by atoms with Gasteiger partial charge in [-0.15, -0.1) is 11.3 Å². The number of hydrogen-bond donors (Lipinski definition) is 2. The Morgan fingerprint density at radius 2 is 2.04 bits per heavy atom. The van der Waals surface area contributed by atoms with Gasteiger partial charge in [0.05, 0.1) is 10.5 Å². The molecular weight excluding hydrogens is 330 g/mol. The Bertz CT molecular complexity index is 850. The third kappa shape index (κ3) is 4.54. The van der Waals surface area contributed by atoms with Gasteiger partial charge in [-0.2, -0.15) is 0 Å². The fourth-order valence-corrected chi connectivity index (χ4v) is 3.49. The topological polar surface area (TPSA) is 62.2 Å². The standard InChI is InChI=1S/C19H23N5S/c1-3-15-13-23-18(25-15)9-11-22-19(20-2)24-12-14-8-10-21-17-7-5-4-6-16(14)17/h4-8,10,13H,3,9,11-12H2,1-2H3,(H2,20,22,24). The van der Waals surface area contributed by atoms with Gasteiger partial charge in [0, 0.05) is 49.2 Å². The van der Waals surface area contributed by atoms with E-state index in [4.69, 9.17) is 0 Å². The summed E-state index contributed by atoms with van der Waals surface area (Å²) in [5, 5.41) is 9.06. The molecule has 3 aromatic rings. The Kier molecular flexibility index (Phi) is 5.95.